The zero-order valence-electron chi connectivity index (χ0n) is 23.8. The van der Waals surface area contributed by atoms with E-state index in [1.54, 1.807) is 49.6 Å². The molecule has 1 heterocycles. The maximum Gasteiger partial charge on any atom is 0.311 e. The first-order valence-corrected chi connectivity index (χ1v) is 13.7. The molecule has 0 amide bonds. The number of fused-ring (bicyclic) bond motifs is 2. The maximum atomic E-state index is 13.8. The largest absolute Gasteiger partial charge is 0.502 e. The second-order valence-electron chi connectivity index (χ2n) is 10.1. The molecule has 0 fully saturated rings. The van der Waals surface area contributed by atoms with Crippen molar-refractivity contribution in [3.05, 3.63) is 146 Å². The maximum absolute atomic E-state index is 13.8. The fourth-order valence-electron chi connectivity index (χ4n) is 5.01. The summed E-state index contributed by atoms with van der Waals surface area (Å²) < 4.78 is 6.83. The number of phenols is 1. The number of methoxy groups -OCH3 is 1. The van der Waals surface area contributed by atoms with Crippen LogP contribution in [0.2, 0.25) is 0 Å². The standard InChI is InChI=1S/C36H25N3O5/c1-23-19-24(7-8-25-9-13-28-22-29(44-2)15-14-27(28)20-25)10-16-32(23)38-35(37-31-6-4-3-5-30(31)36(38)41)18-12-26-11-17-34(40)33(21-26)39(42)43/h3-6,9-22,40H,1-2H3/b18-12+. The van der Waals surface area contributed by atoms with Gasteiger partial charge in [-0.15, -0.1) is 0 Å². The van der Waals surface area contributed by atoms with Crippen LogP contribution < -0.4 is 10.3 Å². The first-order valence-electron chi connectivity index (χ1n) is 13.7. The Morgan fingerprint density at radius 1 is 0.886 bits per heavy atom. The molecule has 44 heavy (non-hydrogen) atoms. The Balaban J connectivity index is 1.39. The van der Waals surface area contributed by atoms with Crippen molar-refractivity contribution < 1.29 is 14.8 Å². The number of rotatable bonds is 5. The summed E-state index contributed by atoms with van der Waals surface area (Å²) in [6.45, 7) is 1.91. The van der Waals surface area contributed by atoms with Crippen molar-refractivity contribution in [2.75, 3.05) is 7.11 Å². The third-order valence-corrected chi connectivity index (χ3v) is 7.26. The van der Waals surface area contributed by atoms with Crippen LogP contribution in [0.15, 0.2) is 102 Å². The van der Waals surface area contributed by atoms with Gasteiger partial charge in [0.1, 0.15) is 11.6 Å². The zero-order chi connectivity index (χ0) is 30.8. The van der Waals surface area contributed by atoms with Crippen LogP contribution in [0.1, 0.15) is 28.1 Å². The Hall–Kier alpha value is -6.20. The Morgan fingerprint density at radius 2 is 1.61 bits per heavy atom. The number of para-hydroxylation sites is 1. The number of aromatic nitrogens is 2. The minimum absolute atomic E-state index is 0.248. The normalized spacial score (nSPS) is 11.0. The molecule has 0 aliphatic heterocycles. The minimum Gasteiger partial charge on any atom is -0.502 e. The number of phenolic OH excluding ortho intramolecular Hbond substituents is 1. The van der Waals surface area contributed by atoms with Gasteiger partial charge in [0.25, 0.3) is 5.56 Å². The molecular formula is C36H25N3O5. The summed E-state index contributed by atoms with van der Waals surface area (Å²) in [5.74, 6) is 7.18. The molecule has 8 heteroatoms. The number of aryl methyl sites for hydroxylation is 1. The molecule has 0 aliphatic carbocycles. The van der Waals surface area contributed by atoms with E-state index in [-0.39, 0.29) is 5.56 Å². The fourth-order valence-corrected chi connectivity index (χ4v) is 5.01. The van der Waals surface area contributed by atoms with E-state index in [4.69, 9.17) is 9.72 Å². The highest BCUT2D eigenvalue weighted by molar-refractivity contribution is 5.85. The molecule has 1 N–H and O–H groups in total. The van der Waals surface area contributed by atoms with Crippen LogP contribution in [0.25, 0.3) is 39.5 Å². The van der Waals surface area contributed by atoms with E-state index < -0.39 is 16.4 Å². The van der Waals surface area contributed by atoms with Gasteiger partial charge >= 0.3 is 5.69 Å². The SMILES string of the molecule is COc1ccc2cc(C#Cc3ccc(-n4c(/C=C/c5ccc(O)c([N+](=O)[O-])c5)nc5ccccc5c4=O)c(C)c3)ccc2c1. The van der Waals surface area contributed by atoms with Crippen LogP contribution in [0.5, 0.6) is 11.5 Å². The molecule has 0 atom stereocenters. The van der Waals surface area contributed by atoms with Gasteiger partial charge in [0.05, 0.1) is 28.6 Å². The lowest BCUT2D eigenvalue weighted by Gasteiger charge is -2.14. The zero-order valence-corrected chi connectivity index (χ0v) is 23.8. The van der Waals surface area contributed by atoms with Gasteiger partial charge in [-0.2, -0.15) is 0 Å². The quantitative estimate of drug-likeness (QED) is 0.133. The van der Waals surface area contributed by atoms with Gasteiger partial charge in [0.2, 0.25) is 0 Å². The van der Waals surface area contributed by atoms with Crippen LogP contribution in [0, 0.1) is 28.9 Å². The van der Waals surface area contributed by atoms with E-state index in [0.717, 1.165) is 33.2 Å². The number of ether oxygens (including phenoxy) is 1. The number of hydrogen-bond donors (Lipinski definition) is 1. The van der Waals surface area contributed by atoms with Gasteiger partial charge in [0.15, 0.2) is 5.75 Å². The summed E-state index contributed by atoms with van der Waals surface area (Å²) in [7, 11) is 1.65. The molecule has 0 aliphatic rings. The summed E-state index contributed by atoms with van der Waals surface area (Å²) in [6.07, 6.45) is 3.25. The second kappa shape index (κ2) is 11.6. The van der Waals surface area contributed by atoms with Crippen molar-refractivity contribution in [2.45, 2.75) is 6.92 Å². The number of nitrogens with zero attached hydrogens (tertiary/aromatic N) is 3. The Kier molecular flexibility index (Phi) is 7.36. The predicted octanol–water partition coefficient (Wildman–Crippen LogP) is 7.04. The molecule has 5 aromatic carbocycles. The van der Waals surface area contributed by atoms with E-state index in [9.17, 15) is 20.0 Å². The van der Waals surface area contributed by atoms with Gasteiger partial charge in [-0.1, -0.05) is 48.2 Å². The molecule has 0 bridgehead atoms. The molecule has 8 nitrogen and oxygen atoms in total. The number of benzene rings is 5. The average Bonchev–Trinajstić information content (AvgIpc) is 3.03. The monoisotopic (exact) mass is 579 g/mol. The highest BCUT2D eigenvalue weighted by atomic mass is 16.6. The molecule has 0 unspecified atom stereocenters. The van der Waals surface area contributed by atoms with E-state index in [1.807, 2.05) is 61.5 Å². The van der Waals surface area contributed by atoms with Crippen molar-refractivity contribution in [3.63, 3.8) is 0 Å². The lowest BCUT2D eigenvalue weighted by molar-refractivity contribution is -0.385. The topological polar surface area (TPSA) is 107 Å². The third-order valence-electron chi connectivity index (χ3n) is 7.26. The number of hydrogen-bond acceptors (Lipinski definition) is 6. The Morgan fingerprint density at radius 3 is 2.39 bits per heavy atom. The summed E-state index contributed by atoms with van der Waals surface area (Å²) >= 11 is 0. The molecule has 0 saturated carbocycles. The molecule has 0 spiro atoms. The molecule has 214 valence electrons. The van der Waals surface area contributed by atoms with Crippen molar-refractivity contribution in [3.8, 4) is 29.0 Å². The third kappa shape index (κ3) is 5.50. The van der Waals surface area contributed by atoms with E-state index in [2.05, 4.69) is 11.8 Å². The second-order valence-corrected chi connectivity index (χ2v) is 10.1. The lowest BCUT2D eigenvalue weighted by Crippen LogP contribution is -2.23. The average molecular weight is 580 g/mol. The van der Waals surface area contributed by atoms with Crippen molar-refractivity contribution in [1.29, 1.82) is 0 Å². The molecule has 1 aromatic heterocycles. The van der Waals surface area contributed by atoms with E-state index >= 15 is 0 Å². The van der Waals surface area contributed by atoms with E-state index in [0.29, 0.717) is 28.0 Å². The van der Waals surface area contributed by atoms with Gasteiger partial charge in [-0.05, 0) is 95.6 Å². The predicted molar refractivity (Wildman–Crippen MR) is 172 cm³/mol. The van der Waals surface area contributed by atoms with Crippen LogP contribution >= 0.6 is 0 Å². The van der Waals surface area contributed by atoms with Gasteiger partial charge < -0.3 is 9.84 Å². The molecular weight excluding hydrogens is 554 g/mol. The number of aromatic hydroxyl groups is 1. The van der Waals surface area contributed by atoms with Crippen LogP contribution in [-0.4, -0.2) is 26.7 Å². The van der Waals surface area contributed by atoms with Crippen LogP contribution in [0.3, 0.4) is 0 Å². The van der Waals surface area contributed by atoms with Crippen molar-refractivity contribution >= 4 is 39.5 Å². The molecule has 6 aromatic rings. The Bertz CT molecular complexity index is 2260. The molecule has 0 radical (unpaired) electrons. The first kappa shape index (κ1) is 27.9. The number of nitro groups is 1. The van der Waals surface area contributed by atoms with Crippen LogP contribution in [-0.2, 0) is 0 Å². The van der Waals surface area contributed by atoms with Gasteiger partial charge in [-0.3, -0.25) is 19.5 Å². The first-order chi connectivity index (χ1) is 21.3. The van der Waals surface area contributed by atoms with Crippen molar-refractivity contribution in [2.24, 2.45) is 0 Å². The summed E-state index contributed by atoms with van der Waals surface area (Å²) in [5, 5.41) is 23.7. The molecule has 6 rings (SSSR count). The minimum atomic E-state index is -0.651. The lowest BCUT2D eigenvalue weighted by atomic mass is 10.1. The van der Waals surface area contributed by atoms with Crippen LogP contribution in [0.4, 0.5) is 5.69 Å². The Labute approximate surface area is 252 Å². The summed E-state index contributed by atoms with van der Waals surface area (Å²) in [6, 6.07) is 28.7. The highest BCUT2D eigenvalue weighted by Crippen LogP contribution is 2.27. The van der Waals surface area contributed by atoms with Crippen molar-refractivity contribution in [1.82, 2.24) is 9.55 Å². The fraction of sp³-hybridized carbons (Fsp3) is 0.0556. The number of nitro benzene ring substituents is 1. The highest BCUT2D eigenvalue weighted by Gasteiger charge is 2.15. The molecule has 0 saturated heterocycles. The summed E-state index contributed by atoms with van der Waals surface area (Å²) in [5.41, 5.74) is 3.45. The van der Waals surface area contributed by atoms with Gasteiger partial charge in [0, 0.05) is 17.2 Å². The summed E-state index contributed by atoms with van der Waals surface area (Å²) in [4.78, 5) is 29.2. The smallest absolute Gasteiger partial charge is 0.311 e. The van der Waals surface area contributed by atoms with Gasteiger partial charge in [-0.25, -0.2) is 4.98 Å². The van der Waals surface area contributed by atoms with E-state index in [1.165, 1.54) is 16.7 Å².